The highest BCUT2D eigenvalue weighted by Gasteiger charge is 2.16. The van der Waals surface area contributed by atoms with Crippen molar-refractivity contribution in [2.75, 3.05) is 0 Å². The summed E-state index contributed by atoms with van der Waals surface area (Å²) in [5.41, 5.74) is 3.91. The molecule has 1 unspecified atom stereocenters. The number of hydrogen-bond acceptors (Lipinski definition) is 4. The van der Waals surface area contributed by atoms with Crippen LogP contribution in [0.1, 0.15) is 23.0 Å². The van der Waals surface area contributed by atoms with Crippen molar-refractivity contribution >= 4 is 28.2 Å². The van der Waals surface area contributed by atoms with Crippen LogP contribution in [0.4, 0.5) is 0 Å². The molecule has 0 aliphatic heterocycles. The summed E-state index contributed by atoms with van der Waals surface area (Å²) >= 11 is 0. The molecular weight excluding hydrogens is 388 g/mol. The summed E-state index contributed by atoms with van der Waals surface area (Å²) in [5.74, 6) is 0.943. The van der Waals surface area contributed by atoms with E-state index in [1.165, 1.54) is 0 Å². The molecule has 0 aliphatic rings. The predicted molar refractivity (Wildman–Crippen MR) is 123 cm³/mol. The van der Waals surface area contributed by atoms with Gasteiger partial charge in [0.2, 0.25) is 0 Å². The van der Waals surface area contributed by atoms with Gasteiger partial charge in [-0.15, -0.1) is 0 Å². The summed E-state index contributed by atoms with van der Waals surface area (Å²) in [4.78, 5) is 28.2. The maximum atomic E-state index is 12.5. The topological polar surface area (TPSA) is 94.1 Å². The number of nitrogens with one attached hydrogen (secondary N) is 2. The van der Waals surface area contributed by atoms with Crippen molar-refractivity contribution in [3.63, 3.8) is 0 Å². The molecule has 0 aliphatic carbocycles. The van der Waals surface area contributed by atoms with Gasteiger partial charge in [-0.05, 0) is 47.3 Å². The number of aromatic nitrogens is 3. The molecule has 0 amide bonds. The molecular formula is C25H20N4O2. The second kappa shape index (κ2) is 7.91. The van der Waals surface area contributed by atoms with Crippen molar-refractivity contribution in [1.29, 1.82) is 0 Å². The van der Waals surface area contributed by atoms with Crippen LogP contribution in [0.2, 0.25) is 0 Å². The lowest BCUT2D eigenvalue weighted by Gasteiger charge is -2.10. The molecule has 5 rings (SSSR count). The molecule has 0 fully saturated rings. The number of nitrogens with zero attached hydrogens (tertiary/aromatic N) is 2. The van der Waals surface area contributed by atoms with Gasteiger partial charge in [0.15, 0.2) is 0 Å². The number of fused-ring (bicyclic) bond motifs is 2. The first-order chi connectivity index (χ1) is 15.2. The highest BCUT2D eigenvalue weighted by atomic mass is 16.3. The van der Waals surface area contributed by atoms with Crippen LogP contribution in [0.5, 0.6) is 5.75 Å². The zero-order chi connectivity index (χ0) is 21.2. The quantitative estimate of drug-likeness (QED) is 0.373. The van der Waals surface area contributed by atoms with Crippen molar-refractivity contribution in [3.05, 3.63) is 106 Å². The number of hydrogen-bond donors (Lipinski definition) is 3. The zero-order valence-corrected chi connectivity index (χ0v) is 16.6. The second-order valence-electron chi connectivity index (χ2n) is 7.44. The van der Waals surface area contributed by atoms with Gasteiger partial charge in [0.05, 0.1) is 16.6 Å². The van der Waals surface area contributed by atoms with Crippen LogP contribution >= 0.6 is 0 Å². The van der Waals surface area contributed by atoms with E-state index in [0.29, 0.717) is 12.0 Å². The van der Waals surface area contributed by atoms with Crippen LogP contribution in [0.25, 0.3) is 21.9 Å². The number of phenols is 1. The average Bonchev–Trinajstić information content (AvgIpc) is 3.22. The molecule has 0 saturated heterocycles. The standard InChI is InChI=1S/C25H20N4O2/c30-19-11-9-16(10-12-19)13-23(24-27-21-7-3-4-8-22(21)28-24)26-15-18-14-17-5-1-2-6-20(17)29-25(18)31/h1-12,14-15,23,30H,13H2,(H,27,28)(H,29,31). The maximum absolute atomic E-state index is 12.5. The Hall–Kier alpha value is -4.19. The Balaban J connectivity index is 1.54. The Bertz CT molecular complexity index is 1420. The van der Waals surface area contributed by atoms with E-state index >= 15 is 0 Å². The van der Waals surface area contributed by atoms with Gasteiger partial charge in [0, 0.05) is 18.2 Å². The van der Waals surface area contributed by atoms with Gasteiger partial charge >= 0.3 is 0 Å². The first-order valence-corrected chi connectivity index (χ1v) is 10.0. The minimum Gasteiger partial charge on any atom is -0.508 e. The molecule has 2 heterocycles. The number of para-hydroxylation sites is 3. The van der Waals surface area contributed by atoms with Gasteiger partial charge in [0.25, 0.3) is 5.56 Å². The Morgan fingerprint density at radius 2 is 1.68 bits per heavy atom. The number of imidazole rings is 1. The molecule has 0 radical (unpaired) electrons. The first kappa shape index (κ1) is 18.8. The number of aliphatic imine (C=N–C) groups is 1. The molecule has 1 atom stereocenters. The molecule has 31 heavy (non-hydrogen) atoms. The van der Waals surface area contributed by atoms with Crippen molar-refractivity contribution in [1.82, 2.24) is 15.0 Å². The minimum absolute atomic E-state index is 0.185. The summed E-state index contributed by atoms with van der Waals surface area (Å²) < 4.78 is 0. The summed E-state index contributed by atoms with van der Waals surface area (Å²) in [5, 5.41) is 10.5. The molecule has 152 valence electrons. The lowest BCUT2D eigenvalue weighted by atomic mass is 10.1. The van der Waals surface area contributed by atoms with Gasteiger partial charge in [-0.2, -0.15) is 0 Å². The summed E-state index contributed by atoms with van der Waals surface area (Å²) in [6.45, 7) is 0. The highest BCUT2D eigenvalue weighted by Crippen LogP contribution is 2.24. The molecule has 3 aromatic carbocycles. The molecule has 0 bridgehead atoms. The van der Waals surface area contributed by atoms with E-state index in [1.807, 2.05) is 66.7 Å². The van der Waals surface area contributed by atoms with Crippen molar-refractivity contribution < 1.29 is 5.11 Å². The Labute approximate surface area is 178 Å². The van der Waals surface area contributed by atoms with E-state index in [-0.39, 0.29) is 17.4 Å². The van der Waals surface area contributed by atoms with Crippen LogP contribution in [0.3, 0.4) is 0 Å². The lowest BCUT2D eigenvalue weighted by molar-refractivity contribution is 0.475. The molecule has 5 aromatic rings. The van der Waals surface area contributed by atoms with Crippen molar-refractivity contribution in [2.24, 2.45) is 4.99 Å². The number of aromatic hydroxyl groups is 1. The number of pyridine rings is 1. The minimum atomic E-state index is -0.317. The third-order valence-electron chi connectivity index (χ3n) is 5.26. The fourth-order valence-electron chi connectivity index (χ4n) is 3.64. The second-order valence-corrected chi connectivity index (χ2v) is 7.44. The maximum Gasteiger partial charge on any atom is 0.257 e. The third-order valence-corrected chi connectivity index (χ3v) is 5.26. The number of aromatic amines is 2. The number of benzene rings is 3. The van der Waals surface area contributed by atoms with E-state index in [4.69, 9.17) is 9.98 Å². The molecule has 0 saturated carbocycles. The zero-order valence-electron chi connectivity index (χ0n) is 16.6. The van der Waals surface area contributed by atoms with Gasteiger partial charge in [0.1, 0.15) is 17.6 Å². The highest BCUT2D eigenvalue weighted by molar-refractivity contribution is 5.87. The van der Waals surface area contributed by atoms with E-state index < -0.39 is 0 Å². The fourth-order valence-corrected chi connectivity index (χ4v) is 3.64. The largest absolute Gasteiger partial charge is 0.508 e. The fraction of sp³-hybridized carbons (Fsp3) is 0.0800. The molecule has 6 heteroatoms. The molecule has 3 N–H and O–H groups in total. The number of H-pyrrole nitrogens is 2. The molecule has 0 spiro atoms. The van der Waals surface area contributed by atoms with Crippen LogP contribution in [0, 0.1) is 0 Å². The first-order valence-electron chi connectivity index (χ1n) is 10.0. The average molecular weight is 408 g/mol. The van der Waals surface area contributed by atoms with Gasteiger partial charge in [-0.3, -0.25) is 9.79 Å². The summed E-state index contributed by atoms with van der Waals surface area (Å²) in [6.07, 6.45) is 2.19. The lowest BCUT2D eigenvalue weighted by Crippen LogP contribution is -2.12. The van der Waals surface area contributed by atoms with Crippen LogP contribution < -0.4 is 5.56 Å². The number of phenolic OH excluding ortho intramolecular Hbond substituents is 1. The Morgan fingerprint density at radius 1 is 0.935 bits per heavy atom. The normalized spacial score (nSPS) is 12.6. The van der Waals surface area contributed by atoms with Gasteiger partial charge in [-0.1, -0.05) is 42.5 Å². The predicted octanol–water partition coefficient (Wildman–Crippen LogP) is 4.51. The number of rotatable bonds is 5. The van der Waals surface area contributed by atoms with Crippen molar-refractivity contribution in [2.45, 2.75) is 12.5 Å². The monoisotopic (exact) mass is 408 g/mol. The van der Waals surface area contributed by atoms with E-state index in [9.17, 15) is 9.90 Å². The van der Waals surface area contributed by atoms with E-state index in [2.05, 4.69) is 9.97 Å². The smallest absolute Gasteiger partial charge is 0.257 e. The summed E-state index contributed by atoms with van der Waals surface area (Å²) in [6, 6.07) is 24.0. The van der Waals surface area contributed by atoms with E-state index in [1.54, 1.807) is 18.3 Å². The molecule has 6 nitrogen and oxygen atoms in total. The Kier molecular flexibility index (Phi) is 4.80. The van der Waals surface area contributed by atoms with Crippen LogP contribution in [-0.2, 0) is 6.42 Å². The third kappa shape index (κ3) is 3.96. The van der Waals surface area contributed by atoms with Crippen LogP contribution in [-0.4, -0.2) is 26.3 Å². The Morgan fingerprint density at radius 3 is 2.48 bits per heavy atom. The van der Waals surface area contributed by atoms with E-state index in [0.717, 1.165) is 33.3 Å². The van der Waals surface area contributed by atoms with Gasteiger partial charge in [-0.25, -0.2) is 4.98 Å². The summed E-state index contributed by atoms with van der Waals surface area (Å²) in [7, 11) is 0. The van der Waals surface area contributed by atoms with Crippen molar-refractivity contribution in [3.8, 4) is 5.75 Å². The SMILES string of the molecule is O=c1[nH]c2ccccc2cc1C=NC(Cc1ccc(O)cc1)c1nc2ccccc2[nH]1. The molecule has 2 aromatic heterocycles. The van der Waals surface area contributed by atoms with Gasteiger partial charge < -0.3 is 15.1 Å². The van der Waals surface area contributed by atoms with Crippen LogP contribution in [0.15, 0.2) is 88.6 Å².